The van der Waals surface area contributed by atoms with Crippen molar-refractivity contribution < 1.29 is 9.59 Å². The van der Waals surface area contributed by atoms with Crippen molar-refractivity contribution in [2.75, 3.05) is 11.9 Å². The summed E-state index contributed by atoms with van der Waals surface area (Å²) in [5, 5.41) is 12.5. The van der Waals surface area contributed by atoms with Crippen LogP contribution in [0.4, 0.5) is 5.69 Å². The Morgan fingerprint density at radius 1 is 1.00 bits per heavy atom. The summed E-state index contributed by atoms with van der Waals surface area (Å²) < 4.78 is 0. The van der Waals surface area contributed by atoms with E-state index >= 15 is 0 Å². The molecule has 0 amide bonds. The minimum atomic E-state index is -0.258. The quantitative estimate of drug-likeness (QED) is 0.748. The molecule has 0 aliphatic heterocycles. The Bertz CT molecular complexity index is 847. The number of unbranched alkanes of at least 4 members (excludes halogenated alkanes) is 1. The summed E-state index contributed by atoms with van der Waals surface area (Å²) in [6, 6.07) is 12.1. The Morgan fingerprint density at radius 3 is 2.26 bits per heavy atom. The molecule has 1 aliphatic rings. The second-order valence-corrected chi connectivity index (χ2v) is 5.51. The molecule has 4 nitrogen and oxygen atoms in total. The predicted octanol–water partition coefficient (Wildman–Crippen LogP) is 3.55. The molecule has 0 aromatic heterocycles. The number of fused-ring (bicyclic) bond motifs is 2. The minimum Gasteiger partial charge on any atom is -0.384 e. The summed E-state index contributed by atoms with van der Waals surface area (Å²) >= 11 is 0. The number of nitrogens with zero attached hydrogens (tertiary/aromatic N) is 1. The first-order valence-electron chi connectivity index (χ1n) is 7.68. The molecule has 2 aromatic rings. The minimum absolute atomic E-state index is 0.203. The molecular formula is C19H16N2O2. The first kappa shape index (κ1) is 15.0. The van der Waals surface area contributed by atoms with Gasteiger partial charge in [-0.3, -0.25) is 9.59 Å². The van der Waals surface area contributed by atoms with Gasteiger partial charge in [-0.25, -0.2) is 0 Å². The van der Waals surface area contributed by atoms with Crippen LogP contribution in [0.25, 0.3) is 0 Å². The average Bonchev–Trinajstić information content (AvgIpc) is 2.59. The summed E-state index contributed by atoms with van der Waals surface area (Å²) in [7, 11) is 0. The van der Waals surface area contributed by atoms with Gasteiger partial charge < -0.3 is 5.32 Å². The highest BCUT2D eigenvalue weighted by Crippen LogP contribution is 2.34. The predicted molar refractivity (Wildman–Crippen MR) is 87.9 cm³/mol. The first-order chi connectivity index (χ1) is 11.2. The van der Waals surface area contributed by atoms with Gasteiger partial charge in [0, 0.05) is 23.4 Å². The smallest absolute Gasteiger partial charge is 0.196 e. The van der Waals surface area contributed by atoms with Crippen molar-refractivity contribution in [3.05, 3.63) is 64.2 Å². The SMILES string of the molecule is CCCCNc1ccc(C#N)c2c1C(=O)c1ccccc1C2=O. The van der Waals surface area contributed by atoms with E-state index in [1.165, 1.54) is 0 Å². The van der Waals surface area contributed by atoms with Gasteiger partial charge in [0.05, 0.1) is 22.8 Å². The van der Waals surface area contributed by atoms with E-state index < -0.39 is 0 Å². The van der Waals surface area contributed by atoms with Crippen LogP contribution in [-0.2, 0) is 0 Å². The summed E-state index contributed by atoms with van der Waals surface area (Å²) in [4.78, 5) is 25.7. The summed E-state index contributed by atoms with van der Waals surface area (Å²) in [5.74, 6) is -0.461. The number of rotatable bonds is 4. The van der Waals surface area contributed by atoms with Gasteiger partial charge in [0.2, 0.25) is 0 Å². The third-order valence-corrected chi connectivity index (χ3v) is 4.04. The van der Waals surface area contributed by atoms with Gasteiger partial charge in [-0.2, -0.15) is 5.26 Å². The summed E-state index contributed by atoms with van der Waals surface area (Å²) in [6.07, 6.45) is 1.99. The average molecular weight is 304 g/mol. The molecule has 114 valence electrons. The normalized spacial score (nSPS) is 12.3. The molecule has 0 spiro atoms. The molecule has 0 radical (unpaired) electrons. The number of nitriles is 1. The van der Waals surface area contributed by atoms with Crippen molar-refractivity contribution in [2.24, 2.45) is 0 Å². The monoisotopic (exact) mass is 304 g/mol. The third kappa shape index (κ3) is 2.40. The maximum Gasteiger partial charge on any atom is 0.196 e. The van der Waals surface area contributed by atoms with Crippen LogP contribution in [0.15, 0.2) is 36.4 Å². The molecule has 0 atom stereocenters. The molecule has 2 aromatic carbocycles. The molecule has 0 unspecified atom stereocenters. The Balaban J connectivity index is 2.19. The topological polar surface area (TPSA) is 70.0 Å². The zero-order valence-electron chi connectivity index (χ0n) is 12.8. The fourth-order valence-corrected chi connectivity index (χ4v) is 2.86. The van der Waals surface area contributed by atoms with Crippen LogP contribution in [0.1, 0.15) is 57.2 Å². The Morgan fingerprint density at radius 2 is 1.65 bits per heavy atom. The lowest BCUT2D eigenvalue weighted by atomic mass is 9.81. The Hall–Kier alpha value is -2.93. The molecule has 0 heterocycles. The lowest BCUT2D eigenvalue weighted by Gasteiger charge is -2.21. The number of carbonyl (C=O) groups is 2. The van der Waals surface area contributed by atoms with Gasteiger partial charge in [0.15, 0.2) is 11.6 Å². The lowest BCUT2D eigenvalue weighted by Crippen LogP contribution is -2.24. The number of ketones is 2. The van der Waals surface area contributed by atoms with Crippen molar-refractivity contribution in [2.45, 2.75) is 19.8 Å². The number of benzene rings is 2. The maximum absolute atomic E-state index is 12.9. The Kier molecular flexibility index (Phi) is 3.94. The molecule has 0 fully saturated rings. The van der Waals surface area contributed by atoms with Gasteiger partial charge in [-0.1, -0.05) is 37.6 Å². The molecule has 4 heteroatoms. The first-order valence-corrected chi connectivity index (χ1v) is 7.68. The van der Waals surface area contributed by atoms with Gasteiger partial charge in [0.1, 0.15) is 0 Å². The zero-order valence-corrected chi connectivity index (χ0v) is 12.8. The van der Waals surface area contributed by atoms with E-state index in [0.29, 0.717) is 22.4 Å². The van der Waals surface area contributed by atoms with Crippen LogP contribution in [-0.4, -0.2) is 18.1 Å². The number of nitrogens with one attached hydrogen (secondary N) is 1. The molecule has 3 rings (SSSR count). The van der Waals surface area contributed by atoms with E-state index in [-0.39, 0.29) is 22.7 Å². The second-order valence-electron chi connectivity index (χ2n) is 5.51. The Labute approximate surface area is 134 Å². The van der Waals surface area contributed by atoms with Crippen LogP contribution < -0.4 is 5.32 Å². The highest BCUT2D eigenvalue weighted by atomic mass is 16.1. The highest BCUT2D eigenvalue weighted by Gasteiger charge is 2.33. The van der Waals surface area contributed by atoms with Crippen molar-refractivity contribution in [1.29, 1.82) is 5.26 Å². The molecular weight excluding hydrogens is 288 g/mol. The van der Waals surface area contributed by atoms with Crippen molar-refractivity contribution in [3.63, 3.8) is 0 Å². The van der Waals surface area contributed by atoms with Gasteiger partial charge in [0.25, 0.3) is 0 Å². The zero-order chi connectivity index (χ0) is 16.4. The van der Waals surface area contributed by atoms with Crippen LogP contribution in [0.2, 0.25) is 0 Å². The largest absolute Gasteiger partial charge is 0.384 e. The highest BCUT2D eigenvalue weighted by molar-refractivity contribution is 6.30. The molecule has 0 saturated heterocycles. The van der Waals surface area contributed by atoms with Gasteiger partial charge >= 0.3 is 0 Å². The van der Waals surface area contributed by atoms with E-state index in [1.54, 1.807) is 36.4 Å². The van der Waals surface area contributed by atoms with Crippen molar-refractivity contribution in [3.8, 4) is 6.07 Å². The van der Waals surface area contributed by atoms with Crippen molar-refractivity contribution >= 4 is 17.3 Å². The molecule has 0 saturated carbocycles. The van der Waals surface area contributed by atoms with Crippen LogP contribution >= 0.6 is 0 Å². The fourth-order valence-electron chi connectivity index (χ4n) is 2.86. The fraction of sp³-hybridized carbons (Fsp3) is 0.211. The molecule has 23 heavy (non-hydrogen) atoms. The second kappa shape index (κ2) is 6.05. The lowest BCUT2D eigenvalue weighted by molar-refractivity contribution is 0.0979. The third-order valence-electron chi connectivity index (χ3n) is 4.04. The van der Waals surface area contributed by atoms with Crippen LogP contribution in [0.3, 0.4) is 0 Å². The standard InChI is InChI=1S/C19H16N2O2/c1-2-3-10-21-15-9-8-12(11-20)16-17(15)19(23)14-7-5-4-6-13(14)18(16)22/h4-9,21H,2-3,10H2,1H3. The van der Waals surface area contributed by atoms with E-state index in [1.807, 2.05) is 6.07 Å². The van der Waals surface area contributed by atoms with Gasteiger partial charge in [-0.15, -0.1) is 0 Å². The van der Waals surface area contributed by atoms with E-state index in [0.717, 1.165) is 19.4 Å². The van der Waals surface area contributed by atoms with Crippen molar-refractivity contribution in [1.82, 2.24) is 0 Å². The molecule has 0 bridgehead atoms. The summed E-state index contributed by atoms with van der Waals surface area (Å²) in [6.45, 7) is 2.80. The van der Waals surface area contributed by atoms with E-state index in [9.17, 15) is 14.9 Å². The molecule has 1 N–H and O–H groups in total. The van der Waals surface area contributed by atoms with Gasteiger partial charge in [-0.05, 0) is 18.6 Å². The van der Waals surface area contributed by atoms with E-state index in [4.69, 9.17) is 0 Å². The van der Waals surface area contributed by atoms with Crippen LogP contribution in [0.5, 0.6) is 0 Å². The maximum atomic E-state index is 12.9. The molecule has 1 aliphatic carbocycles. The number of anilines is 1. The summed E-state index contributed by atoms with van der Waals surface area (Å²) in [5.41, 5.74) is 2.18. The number of hydrogen-bond donors (Lipinski definition) is 1. The number of carbonyl (C=O) groups excluding carboxylic acids is 2. The van der Waals surface area contributed by atoms with E-state index in [2.05, 4.69) is 12.2 Å². The van der Waals surface area contributed by atoms with Crippen LogP contribution in [0, 0.1) is 11.3 Å². The number of hydrogen-bond acceptors (Lipinski definition) is 4.